The number of methoxy groups -OCH3 is 1. The van der Waals surface area contributed by atoms with Gasteiger partial charge in [-0.3, -0.25) is 14.7 Å². The van der Waals surface area contributed by atoms with Crippen LogP contribution in [0.4, 0.5) is 4.39 Å². The Labute approximate surface area is 112 Å². The van der Waals surface area contributed by atoms with Crippen molar-refractivity contribution in [3.05, 3.63) is 0 Å². The number of ether oxygens (including phenoxy) is 1. The van der Waals surface area contributed by atoms with Crippen LogP contribution in [0, 0.1) is 0 Å². The number of carbonyl (C=O) groups is 1. The van der Waals surface area contributed by atoms with E-state index >= 15 is 0 Å². The van der Waals surface area contributed by atoms with Gasteiger partial charge < -0.3 is 15.4 Å². The van der Waals surface area contributed by atoms with Gasteiger partial charge in [0.05, 0.1) is 19.2 Å². The summed E-state index contributed by atoms with van der Waals surface area (Å²) < 4.78 is 18.8. The molecule has 2 rings (SSSR count). The van der Waals surface area contributed by atoms with Crippen molar-refractivity contribution in [3.8, 4) is 0 Å². The van der Waals surface area contributed by atoms with Gasteiger partial charge in [0.15, 0.2) is 0 Å². The number of piperidine rings is 1. The molecule has 2 aliphatic rings. The largest absolute Gasteiger partial charge is 0.378 e. The van der Waals surface area contributed by atoms with Crippen LogP contribution in [-0.2, 0) is 9.53 Å². The number of hydrogen-bond donors (Lipinski definition) is 1. The lowest BCUT2D eigenvalue weighted by Gasteiger charge is -2.36. The number of nitrogens with two attached hydrogens (primary N) is 1. The van der Waals surface area contributed by atoms with Gasteiger partial charge in [-0.1, -0.05) is 0 Å². The van der Waals surface area contributed by atoms with Gasteiger partial charge in [-0.25, -0.2) is 4.39 Å². The average Bonchev–Trinajstić information content (AvgIpc) is 2.41. The molecule has 1 amide bonds. The number of likely N-dealkylation sites (tertiary alicyclic amines) is 1. The smallest absolute Gasteiger partial charge is 0.270 e. The first-order valence-electron chi connectivity index (χ1n) is 6.51. The fraction of sp³-hybridized carbons (Fsp3) is 0.833. The van der Waals surface area contributed by atoms with Crippen LogP contribution < -0.4 is 5.73 Å². The highest BCUT2D eigenvalue weighted by Gasteiger charge is 2.35. The van der Waals surface area contributed by atoms with Gasteiger partial charge in [-0.15, -0.1) is 0 Å². The van der Waals surface area contributed by atoms with E-state index < -0.39 is 18.4 Å². The molecule has 108 valence electrons. The van der Waals surface area contributed by atoms with Crippen LogP contribution in [0.1, 0.15) is 6.42 Å². The molecule has 1 unspecified atom stereocenters. The van der Waals surface area contributed by atoms with Gasteiger partial charge in [0, 0.05) is 20.2 Å². The maximum atomic E-state index is 13.8. The third kappa shape index (κ3) is 2.93. The molecule has 0 aromatic heterocycles. The zero-order valence-corrected chi connectivity index (χ0v) is 11.4. The van der Waals surface area contributed by atoms with E-state index in [0.717, 1.165) is 6.54 Å². The number of rotatable bonds is 2. The summed E-state index contributed by atoms with van der Waals surface area (Å²) in [6.45, 7) is 1.81. The minimum Gasteiger partial charge on any atom is -0.378 e. The molecular formula is C12H21FN4O2. The topological polar surface area (TPSA) is 71.2 Å². The quantitative estimate of drug-likeness (QED) is 0.717. The number of carbonyl (C=O) groups excluding carboxylic acids is 1. The number of likely N-dealkylation sites (N-methyl/N-ethyl adjacent to an activating group) is 1. The van der Waals surface area contributed by atoms with Gasteiger partial charge >= 0.3 is 0 Å². The molecule has 0 bridgehead atoms. The van der Waals surface area contributed by atoms with Crippen LogP contribution in [-0.4, -0.2) is 80.2 Å². The lowest BCUT2D eigenvalue weighted by atomic mass is 10.0. The van der Waals surface area contributed by atoms with Crippen molar-refractivity contribution in [1.82, 2.24) is 9.80 Å². The molecular weight excluding hydrogens is 251 g/mol. The van der Waals surface area contributed by atoms with Crippen molar-refractivity contribution in [3.63, 3.8) is 0 Å². The van der Waals surface area contributed by atoms with E-state index in [9.17, 15) is 9.18 Å². The van der Waals surface area contributed by atoms with Gasteiger partial charge in [-0.05, 0) is 13.5 Å². The third-order valence-electron chi connectivity index (χ3n) is 3.78. The number of alkyl halides is 1. The molecule has 0 aliphatic carbocycles. The van der Waals surface area contributed by atoms with Gasteiger partial charge in [0.1, 0.15) is 18.0 Å². The first-order chi connectivity index (χ1) is 9.04. The second-order valence-electron chi connectivity index (χ2n) is 5.02. The highest BCUT2D eigenvalue weighted by molar-refractivity contribution is 6.40. The number of hydrogen-bond acceptors (Lipinski definition) is 5. The van der Waals surface area contributed by atoms with Gasteiger partial charge in [-0.2, -0.15) is 0 Å². The second-order valence-corrected chi connectivity index (χ2v) is 5.02. The van der Waals surface area contributed by atoms with Crippen LogP contribution in [0.15, 0.2) is 4.99 Å². The van der Waals surface area contributed by atoms with E-state index in [1.165, 1.54) is 12.0 Å². The van der Waals surface area contributed by atoms with Gasteiger partial charge in [0.2, 0.25) is 0 Å². The first-order valence-corrected chi connectivity index (χ1v) is 6.51. The molecule has 2 heterocycles. The molecule has 19 heavy (non-hydrogen) atoms. The maximum absolute atomic E-state index is 13.8. The Morgan fingerprint density at radius 1 is 1.53 bits per heavy atom. The number of nitrogens with zero attached hydrogens (tertiary/aromatic N) is 3. The molecule has 2 N–H and O–H groups in total. The molecule has 2 aliphatic heterocycles. The zero-order valence-electron chi connectivity index (χ0n) is 11.4. The van der Waals surface area contributed by atoms with Crippen molar-refractivity contribution in [1.29, 1.82) is 0 Å². The molecule has 7 heteroatoms. The molecule has 0 aromatic rings. The van der Waals surface area contributed by atoms with Crippen molar-refractivity contribution in [2.75, 3.05) is 40.3 Å². The molecule has 0 radical (unpaired) electrons. The lowest BCUT2D eigenvalue weighted by Crippen LogP contribution is -2.58. The molecule has 1 saturated heterocycles. The van der Waals surface area contributed by atoms with Crippen LogP contribution in [0.2, 0.25) is 0 Å². The summed E-state index contributed by atoms with van der Waals surface area (Å²) in [4.78, 5) is 19.9. The third-order valence-corrected chi connectivity index (χ3v) is 3.78. The standard InChI is InChI=1S/C12H21FN4O2/c1-16-6-4-15-10(11(16)14)12(18)17-5-3-9(19-2)8(13)7-17/h8-9,11H,3-7,14H2,1-2H3/t8-,9+,11?/m1/s1. The molecule has 0 spiro atoms. The summed E-state index contributed by atoms with van der Waals surface area (Å²) in [5.41, 5.74) is 6.28. The molecule has 0 saturated carbocycles. The van der Waals surface area contributed by atoms with E-state index in [-0.39, 0.29) is 12.5 Å². The summed E-state index contributed by atoms with van der Waals surface area (Å²) in [5.74, 6) is -0.253. The Morgan fingerprint density at radius 2 is 2.26 bits per heavy atom. The summed E-state index contributed by atoms with van der Waals surface area (Å²) >= 11 is 0. The van der Waals surface area contributed by atoms with Crippen LogP contribution >= 0.6 is 0 Å². The summed E-state index contributed by atoms with van der Waals surface area (Å²) in [7, 11) is 3.34. The zero-order chi connectivity index (χ0) is 14.0. The fourth-order valence-corrected chi connectivity index (χ4v) is 2.46. The Morgan fingerprint density at radius 3 is 2.89 bits per heavy atom. The first kappa shape index (κ1) is 14.4. The molecule has 1 fully saturated rings. The van der Waals surface area contributed by atoms with Crippen LogP contribution in [0.3, 0.4) is 0 Å². The molecule has 0 aromatic carbocycles. The Kier molecular flexibility index (Phi) is 4.49. The van der Waals surface area contributed by atoms with Crippen LogP contribution in [0.5, 0.6) is 0 Å². The SMILES string of the molecule is CO[C@H]1CCN(C(=O)C2=NCCN(C)C2N)C[C@H]1F. The highest BCUT2D eigenvalue weighted by Crippen LogP contribution is 2.18. The van der Waals surface area contributed by atoms with E-state index in [4.69, 9.17) is 10.5 Å². The second kappa shape index (κ2) is 5.94. The number of halogens is 1. The minimum atomic E-state index is -1.15. The normalized spacial score (nSPS) is 33.2. The van der Waals surface area contributed by atoms with E-state index in [1.54, 1.807) is 0 Å². The predicted molar refractivity (Wildman–Crippen MR) is 69.8 cm³/mol. The van der Waals surface area contributed by atoms with Crippen LogP contribution in [0.25, 0.3) is 0 Å². The number of amides is 1. The highest BCUT2D eigenvalue weighted by atomic mass is 19.1. The Balaban J connectivity index is 2.03. The summed E-state index contributed by atoms with van der Waals surface area (Å²) in [6.07, 6.45) is -1.57. The summed E-state index contributed by atoms with van der Waals surface area (Å²) in [6, 6.07) is 0. The van der Waals surface area contributed by atoms with Crippen molar-refractivity contribution in [2.24, 2.45) is 10.7 Å². The van der Waals surface area contributed by atoms with E-state index in [2.05, 4.69) is 4.99 Å². The van der Waals surface area contributed by atoms with E-state index in [1.807, 2.05) is 11.9 Å². The Bertz CT molecular complexity index is 377. The molecule has 3 atom stereocenters. The summed E-state index contributed by atoms with van der Waals surface area (Å²) in [5, 5.41) is 0. The maximum Gasteiger partial charge on any atom is 0.270 e. The van der Waals surface area contributed by atoms with Gasteiger partial charge in [0.25, 0.3) is 5.91 Å². The average molecular weight is 272 g/mol. The molecule has 6 nitrogen and oxygen atoms in total. The van der Waals surface area contributed by atoms with Crippen molar-refractivity contribution < 1.29 is 13.9 Å². The van der Waals surface area contributed by atoms with E-state index in [0.29, 0.717) is 25.2 Å². The van der Waals surface area contributed by atoms with Crippen molar-refractivity contribution >= 4 is 11.6 Å². The predicted octanol–water partition coefficient (Wildman–Crippen LogP) is -0.757. The fourth-order valence-electron chi connectivity index (χ4n) is 2.46. The minimum absolute atomic E-state index is 0.0484. The monoisotopic (exact) mass is 272 g/mol. The number of aliphatic imine (C=N–C) groups is 1. The lowest BCUT2D eigenvalue weighted by molar-refractivity contribution is -0.129. The van der Waals surface area contributed by atoms with Crippen molar-refractivity contribution in [2.45, 2.75) is 24.9 Å². The Hall–Kier alpha value is -1.05.